The maximum absolute atomic E-state index is 13.3. The Labute approximate surface area is 263 Å². The molecule has 0 radical (unpaired) electrons. The first-order chi connectivity index (χ1) is 21.7. The quantitative estimate of drug-likeness (QED) is 0.0529. The van der Waals surface area contributed by atoms with E-state index in [4.69, 9.17) is 38.5 Å². The molecular weight excluding hydrogens is 609 g/mol. The molecule has 2 N–H and O–H groups in total. The number of aryl methyl sites for hydroxylation is 2. The molecule has 0 fully saturated rings. The number of esters is 1. The van der Waals surface area contributed by atoms with E-state index in [1.165, 1.54) is 11.9 Å². The van der Waals surface area contributed by atoms with Gasteiger partial charge in [0.2, 0.25) is 5.96 Å². The van der Waals surface area contributed by atoms with Crippen molar-refractivity contribution in [1.29, 1.82) is 0 Å². The lowest BCUT2D eigenvalue weighted by Gasteiger charge is -2.20. The zero-order valence-electron chi connectivity index (χ0n) is 25.7. The summed E-state index contributed by atoms with van der Waals surface area (Å²) in [7, 11) is -2.90. The Balaban J connectivity index is 1.78. The fourth-order valence-corrected chi connectivity index (χ4v) is 4.77. The summed E-state index contributed by atoms with van der Waals surface area (Å²) < 4.78 is 52.5. The molecule has 0 spiro atoms. The summed E-state index contributed by atoms with van der Waals surface area (Å²) in [6, 6.07) is 19.5. The molecule has 0 aliphatic carbocycles. The third-order valence-electron chi connectivity index (χ3n) is 5.75. The normalized spacial score (nSPS) is 11.4. The average Bonchev–Trinajstić information content (AvgIpc) is 3.03. The summed E-state index contributed by atoms with van der Waals surface area (Å²) >= 11 is 0. The lowest BCUT2D eigenvalue weighted by atomic mass is 10.1. The van der Waals surface area contributed by atoms with Gasteiger partial charge in [-0.3, -0.25) is 13.8 Å². The van der Waals surface area contributed by atoms with Crippen molar-refractivity contribution in [1.82, 2.24) is 4.90 Å². The minimum absolute atomic E-state index is 0.152. The molecule has 0 amide bonds. The third kappa shape index (κ3) is 17.1. The number of benzene rings is 2. The van der Waals surface area contributed by atoms with Gasteiger partial charge in [-0.2, -0.15) is 0 Å². The van der Waals surface area contributed by atoms with Gasteiger partial charge in [0.25, 0.3) is 0 Å². The van der Waals surface area contributed by atoms with Crippen molar-refractivity contribution in [3.8, 4) is 0 Å². The molecule has 0 unspecified atom stereocenters. The number of ether oxygens (including phenoxy) is 5. The van der Waals surface area contributed by atoms with Crippen molar-refractivity contribution < 1.29 is 51.7 Å². The molecule has 248 valence electrons. The molecule has 0 aliphatic rings. The highest BCUT2D eigenvalue weighted by molar-refractivity contribution is 7.52. The number of carbonyl (C=O) groups excluding carboxylic acids is 3. The van der Waals surface area contributed by atoms with Crippen LogP contribution in [0.4, 0.5) is 9.59 Å². The second kappa shape index (κ2) is 21.6. The average molecular weight is 652 g/mol. The Kier molecular flexibility index (Phi) is 17.7. The van der Waals surface area contributed by atoms with Crippen molar-refractivity contribution in [2.75, 3.05) is 59.8 Å². The van der Waals surface area contributed by atoms with Crippen molar-refractivity contribution in [3.05, 3.63) is 71.8 Å². The number of carbonyl (C=O) groups is 3. The molecule has 0 bridgehead atoms. The largest absolute Gasteiger partial charge is 0.508 e. The van der Waals surface area contributed by atoms with Crippen LogP contribution in [0.5, 0.6) is 0 Å². The van der Waals surface area contributed by atoms with Crippen molar-refractivity contribution in [3.63, 3.8) is 0 Å². The van der Waals surface area contributed by atoms with Crippen LogP contribution in [0, 0.1) is 0 Å². The first-order valence-corrected chi connectivity index (χ1v) is 16.0. The van der Waals surface area contributed by atoms with E-state index in [2.05, 4.69) is 4.76 Å². The molecule has 0 heterocycles. The van der Waals surface area contributed by atoms with Gasteiger partial charge in [0.15, 0.2) is 0 Å². The minimum Gasteiger partial charge on any atom is -0.465 e. The Morgan fingerprint density at radius 3 is 1.60 bits per heavy atom. The van der Waals surface area contributed by atoms with E-state index in [1.54, 1.807) is 6.92 Å². The number of likely N-dealkylation sites (N-methyl/N-ethyl adjacent to an activating group) is 1. The van der Waals surface area contributed by atoms with E-state index in [1.807, 2.05) is 60.7 Å². The molecule has 15 heteroatoms. The van der Waals surface area contributed by atoms with Gasteiger partial charge in [0.1, 0.15) is 19.8 Å². The van der Waals surface area contributed by atoms with Crippen LogP contribution in [0.15, 0.2) is 65.4 Å². The van der Waals surface area contributed by atoms with Crippen molar-refractivity contribution in [2.24, 2.45) is 10.5 Å². The summed E-state index contributed by atoms with van der Waals surface area (Å²) in [6.45, 7) is 0.406. The van der Waals surface area contributed by atoms with E-state index in [-0.39, 0.29) is 58.8 Å². The van der Waals surface area contributed by atoms with E-state index in [0.29, 0.717) is 12.8 Å². The Morgan fingerprint density at radius 2 is 1.16 bits per heavy atom. The van der Waals surface area contributed by atoms with Crippen LogP contribution in [0.3, 0.4) is 0 Å². The molecule has 0 atom stereocenters. The summed E-state index contributed by atoms with van der Waals surface area (Å²) in [5.41, 5.74) is 8.13. The highest BCUT2D eigenvalue weighted by Crippen LogP contribution is 2.49. The fourth-order valence-electron chi connectivity index (χ4n) is 3.57. The Morgan fingerprint density at radius 1 is 0.711 bits per heavy atom. The van der Waals surface area contributed by atoms with Gasteiger partial charge in [0, 0.05) is 7.05 Å². The lowest BCUT2D eigenvalue weighted by molar-refractivity contribution is -0.143. The summed E-state index contributed by atoms with van der Waals surface area (Å²) in [5, 5.41) is 0. The molecule has 14 nitrogen and oxygen atoms in total. The van der Waals surface area contributed by atoms with E-state index in [9.17, 15) is 18.9 Å². The molecule has 45 heavy (non-hydrogen) atoms. The van der Waals surface area contributed by atoms with Gasteiger partial charge in [0.05, 0.1) is 33.0 Å². The monoisotopic (exact) mass is 651 g/mol. The van der Waals surface area contributed by atoms with Crippen LogP contribution >= 0.6 is 7.75 Å². The number of nitrogens with two attached hydrogens (primary N) is 1. The van der Waals surface area contributed by atoms with Gasteiger partial charge in [-0.05, 0) is 43.7 Å². The standard InChI is InChI=1S/C30H42N3O11P/c1-3-38-27(34)24-33(2)28(31)32-45(37,43-22-20-41-29(35)39-18-10-16-25-12-6-4-7-13-25)44-23-21-42-30(36)40-19-11-17-26-14-8-5-9-15-26/h4-9,12-15H,3,10-11,16-24H2,1-2H3,(H2,31,32,37). The fraction of sp³-hybridized carbons (Fsp3) is 0.467. The van der Waals surface area contributed by atoms with Crippen LogP contribution < -0.4 is 5.73 Å². The summed E-state index contributed by atoms with van der Waals surface area (Å²) in [5.74, 6) is -0.926. The van der Waals surface area contributed by atoms with Crippen LogP contribution in [0.1, 0.15) is 30.9 Å². The predicted octanol–water partition coefficient (Wildman–Crippen LogP) is 4.51. The number of hydrogen-bond acceptors (Lipinski definition) is 11. The zero-order valence-corrected chi connectivity index (χ0v) is 26.6. The maximum Gasteiger partial charge on any atom is 0.508 e. The molecule has 0 saturated carbocycles. The lowest BCUT2D eigenvalue weighted by Crippen LogP contribution is -2.38. The van der Waals surface area contributed by atoms with Crippen LogP contribution in [0.25, 0.3) is 0 Å². The molecule has 2 aromatic rings. The second-order valence-electron chi connectivity index (χ2n) is 9.33. The molecule has 2 rings (SSSR count). The van der Waals surface area contributed by atoms with Gasteiger partial charge in [-0.25, -0.2) is 14.2 Å². The SMILES string of the molecule is CCOC(=O)CN(C)C(N)=NP(=O)(OCCOC(=O)OCCCc1ccccc1)OCCOC(=O)OCCCc1ccccc1. The summed E-state index contributed by atoms with van der Waals surface area (Å²) in [6.07, 6.45) is 0.838. The second-order valence-corrected chi connectivity index (χ2v) is 11.0. The number of guanidine groups is 1. The molecule has 2 aromatic carbocycles. The van der Waals surface area contributed by atoms with E-state index >= 15 is 0 Å². The smallest absolute Gasteiger partial charge is 0.465 e. The van der Waals surface area contributed by atoms with Gasteiger partial charge in [-0.1, -0.05) is 60.7 Å². The van der Waals surface area contributed by atoms with Crippen molar-refractivity contribution in [2.45, 2.75) is 32.6 Å². The molecule has 0 aromatic heterocycles. The van der Waals surface area contributed by atoms with Crippen molar-refractivity contribution >= 4 is 32.0 Å². The first kappa shape index (κ1) is 37.1. The Hall–Kier alpha value is -4.13. The number of hydrogen-bond donors (Lipinski definition) is 1. The number of rotatable bonds is 20. The minimum atomic E-state index is -4.32. The van der Waals surface area contributed by atoms with Crippen LogP contribution in [-0.2, 0) is 54.9 Å². The summed E-state index contributed by atoms with van der Waals surface area (Å²) in [4.78, 5) is 36.7. The maximum atomic E-state index is 13.3. The van der Waals surface area contributed by atoms with Gasteiger partial charge in [-0.15, -0.1) is 4.76 Å². The molecular formula is C30H42N3O11P. The molecule has 0 aliphatic heterocycles. The van der Waals surface area contributed by atoms with E-state index < -0.39 is 26.0 Å². The third-order valence-corrected chi connectivity index (χ3v) is 7.22. The highest BCUT2D eigenvalue weighted by atomic mass is 31.2. The number of nitrogens with zero attached hydrogens (tertiary/aromatic N) is 2. The zero-order chi connectivity index (χ0) is 32.8. The predicted molar refractivity (Wildman–Crippen MR) is 165 cm³/mol. The van der Waals surface area contributed by atoms with Crippen LogP contribution in [0.2, 0.25) is 0 Å². The van der Waals surface area contributed by atoms with Gasteiger partial charge >= 0.3 is 26.0 Å². The van der Waals surface area contributed by atoms with E-state index in [0.717, 1.165) is 24.0 Å². The van der Waals surface area contributed by atoms with Crippen LogP contribution in [-0.4, -0.2) is 89.0 Å². The highest BCUT2D eigenvalue weighted by Gasteiger charge is 2.27. The Bertz CT molecular complexity index is 1160. The molecule has 0 saturated heterocycles. The van der Waals surface area contributed by atoms with Gasteiger partial charge < -0.3 is 34.3 Å². The topological polar surface area (TPSA) is 175 Å². The first-order valence-electron chi connectivity index (χ1n) is 14.5.